The van der Waals surface area contributed by atoms with E-state index in [1.165, 1.54) is 0 Å². The minimum Gasteiger partial charge on any atom is -0.481 e. The Morgan fingerprint density at radius 1 is 1.38 bits per heavy atom. The number of urea groups is 1. The third-order valence-electron chi connectivity index (χ3n) is 3.39. The van der Waals surface area contributed by atoms with E-state index < -0.39 is 5.97 Å². The second-order valence-electron chi connectivity index (χ2n) is 4.99. The molecule has 0 spiro atoms. The van der Waals surface area contributed by atoms with Crippen molar-refractivity contribution in [3.8, 4) is 0 Å². The van der Waals surface area contributed by atoms with Gasteiger partial charge in [0, 0.05) is 38.1 Å². The summed E-state index contributed by atoms with van der Waals surface area (Å²) in [7, 11) is 0. The van der Waals surface area contributed by atoms with Crippen molar-refractivity contribution in [2.75, 3.05) is 32.7 Å². The molecule has 0 saturated carbocycles. The number of piperazine rings is 1. The summed E-state index contributed by atoms with van der Waals surface area (Å²) >= 11 is 1.57. The Morgan fingerprint density at radius 3 is 2.67 bits per heavy atom. The number of carbonyl (C=O) groups is 2. The number of thiazole rings is 1. The van der Waals surface area contributed by atoms with E-state index in [4.69, 9.17) is 5.11 Å². The highest BCUT2D eigenvalue weighted by Crippen LogP contribution is 2.08. The molecule has 2 heterocycles. The first-order valence-electron chi connectivity index (χ1n) is 6.92. The molecule has 1 fully saturated rings. The Labute approximate surface area is 127 Å². The molecule has 7 nitrogen and oxygen atoms in total. The molecule has 2 amide bonds. The molecular formula is C13H20N4O3S. The summed E-state index contributed by atoms with van der Waals surface area (Å²) in [6.45, 7) is 5.62. The lowest BCUT2D eigenvalue weighted by atomic mass is 10.3. The summed E-state index contributed by atoms with van der Waals surface area (Å²) in [6, 6.07) is -0.0847. The van der Waals surface area contributed by atoms with E-state index in [0.29, 0.717) is 26.2 Å². The van der Waals surface area contributed by atoms with Crippen LogP contribution >= 0.6 is 11.3 Å². The molecule has 1 aliphatic heterocycles. The Morgan fingerprint density at radius 2 is 2.10 bits per heavy atom. The smallest absolute Gasteiger partial charge is 0.317 e. The monoisotopic (exact) mass is 312 g/mol. The minimum atomic E-state index is -0.784. The van der Waals surface area contributed by atoms with E-state index >= 15 is 0 Å². The fourth-order valence-electron chi connectivity index (χ4n) is 2.20. The third kappa shape index (κ3) is 4.98. The predicted octanol–water partition coefficient (Wildman–Crippen LogP) is 0.753. The minimum absolute atomic E-state index is 0.0847. The van der Waals surface area contributed by atoms with Gasteiger partial charge >= 0.3 is 12.0 Å². The molecule has 2 N–H and O–H groups in total. The van der Waals surface area contributed by atoms with Crippen molar-refractivity contribution in [3.63, 3.8) is 0 Å². The zero-order valence-corrected chi connectivity index (χ0v) is 12.9. The Kier molecular flexibility index (Phi) is 5.51. The van der Waals surface area contributed by atoms with Crippen molar-refractivity contribution in [2.24, 2.45) is 0 Å². The second kappa shape index (κ2) is 7.37. The Balaban J connectivity index is 1.69. The van der Waals surface area contributed by atoms with Gasteiger partial charge in [-0.05, 0) is 6.92 Å². The number of amides is 2. The van der Waals surface area contributed by atoms with Gasteiger partial charge in [-0.2, -0.15) is 0 Å². The van der Waals surface area contributed by atoms with Gasteiger partial charge in [0.15, 0.2) is 0 Å². The van der Waals surface area contributed by atoms with Gasteiger partial charge < -0.3 is 15.3 Å². The summed E-state index contributed by atoms with van der Waals surface area (Å²) in [5, 5.41) is 14.5. The van der Waals surface area contributed by atoms with Crippen LogP contribution in [0.15, 0.2) is 5.38 Å². The average molecular weight is 312 g/mol. The lowest BCUT2D eigenvalue weighted by Gasteiger charge is -2.34. The summed E-state index contributed by atoms with van der Waals surface area (Å²) in [6.07, 6.45) is 0.148. The normalized spacial score (nSPS) is 16.0. The van der Waals surface area contributed by atoms with Crippen molar-refractivity contribution < 1.29 is 14.7 Å². The van der Waals surface area contributed by atoms with Crippen LogP contribution in [0.2, 0.25) is 0 Å². The number of carboxylic acids is 1. The summed E-state index contributed by atoms with van der Waals surface area (Å²) in [5.74, 6) is -0.784. The van der Waals surface area contributed by atoms with Crippen LogP contribution in [0, 0.1) is 6.92 Å². The van der Waals surface area contributed by atoms with E-state index in [-0.39, 0.29) is 12.5 Å². The van der Waals surface area contributed by atoms with Crippen LogP contribution in [0.5, 0.6) is 0 Å². The molecule has 2 rings (SSSR count). The van der Waals surface area contributed by atoms with Gasteiger partial charge in [0.2, 0.25) is 0 Å². The summed E-state index contributed by atoms with van der Waals surface area (Å²) in [5.41, 5.74) is 0.881. The van der Waals surface area contributed by atoms with Crippen molar-refractivity contribution >= 4 is 23.3 Å². The van der Waals surface area contributed by atoms with Crippen LogP contribution in [-0.4, -0.2) is 64.6 Å². The van der Waals surface area contributed by atoms with E-state index in [1.54, 1.807) is 16.2 Å². The number of nitrogens with one attached hydrogen (secondary N) is 1. The van der Waals surface area contributed by atoms with Crippen LogP contribution in [0.3, 0.4) is 0 Å². The SMILES string of the molecule is Cc1nc(CNC(=O)N2CCN(CCC(=O)O)CC2)cs1. The first-order chi connectivity index (χ1) is 10.0. The van der Waals surface area contributed by atoms with Gasteiger partial charge in [0.1, 0.15) is 0 Å². The average Bonchev–Trinajstić information content (AvgIpc) is 2.89. The third-order valence-corrected chi connectivity index (χ3v) is 4.21. The quantitative estimate of drug-likeness (QED) is 0.838. The molecule has 8 heteroatoms. The number of aryl methyl sites for hydroxylation is 1. The molecule has 116 valence electrons. The number of aliphatic carboxylic acids is 1. The fraction of sp³-hybridized carbons (Fsp3) is 0.615. The Bertz CT molecular complexity index is 497. The van der Waals surface area contributed by atoms with Crippen molar-refractivity contribution in [1.82, 2.24) is 20.1 Å². The van der Waals surface area contributed by atoms with Gasteiger partial charge in [-0.15, -0.1) is 11.3 Å². The first kappa shape index (κ1) is 15.7. The largest absolute Gasteiger partial charge is 0.481 e. The number of rotatable bonds is 5. The number of nitrogens with zero attached hydrogens (tertiary/aromatic N) is 3. The van der Waals surface area contributed by atoms with Crippen molar-refractivity contribution in [1.29, 1.82) is 0 Å². The van der Waals surface area contributed by atoms with E-state index in [2.05, 4.69) is 15.2 Å². The fourth-order valence-corrected chi connectivity index (χ4v) is 2.81. The molecule has 0 atom stereocenters. The van der Waals surface area contributed by atoms with Crippen molar-refractivity contribution in [2.45, 2.75) is 19.9 Å². The molecule has 21 heavy (non-hydrogen) atoms. The van der Waals surface area contributed by atoms with Crippen LogP contribution in [-0.2, 0) is 11.3 Å². The van der Waals surface area contributed by atoms with Crippen LogP contribution in [0.4, 0.5) is 4.79 Å². The number of hydrogen-bond donors (Lipinski definition) is 2. The highest BCUT2D eigenvalue weighted by atomic mass is 32.1. The zero-order valence-electron chi connectivity index (χ0n) is 12.0. The molecule has 0 aliphatic carbocycles. The van der Waals surface area contributed by atoms with E-state index in [0.717, 1.165) is 23.8 Å². The highest BCUT2D eigenvalue weighted by molar-refractivity contribution is 7.09. The molecule has 1 aromatic rings. The van der Waals surface area contributed by atoms with Gasteiger partial charge in [-0.1, -0.05) is 0 Å². The molecule has 0 bridgehead atoms. The standard InChI is InChI=1S/C13H20N4O3S/c1-10-15-11(9-21-10)8-14-13(20)17-6-4-16(5-7-17)3-2-12(18)19/h9H,2-8H2,1H3,(H,14,20)(H,18,19). The maximum atomic E-state index is 12.0. The zero-order chi connectivity index (χ0) is 15.2. The van der Waals surface area contributed by atoms with Crippen LogP contribution in [0.1, 0.15) is 17.1 Å². The number of aromatic nitrogens is 1. The molecular weight excluding hydrogens is 292 g/mol. The van der Waals surface area contributed by atoms with Gasteiger partial charge in [0.25, 0.3) is 0 Å². The predicted molar refractivity (Wildman–Crippen MR) is 79.4 cm³/mol. The van der Waals surface area contributed by atoms with Gasteiger partial charge in [0.05, 0.1) is 23.7 Å². The maximum absolute atomic E-state index is 12.0. The highest BCUT2D eigenvalue weighted by Gasteiger charge is 2.21. The summed E-state index contributed by atoms with van der Waals surface area (Å²) < 4.78 is 0. The second-order valence-corrected chi connectivity index (χ2v) is 6.05. The molecule has 0 aromatic carbocycles. The van der Waals surface area contributed by atoms with Crippen LogP contribution in [0.25, 0.3) is 0 Å². The molecule has 1 aromatic heterocycles. The molecule has 1 aliphatic rings. The lowest BCUT2D eigenvalue weighted by molar-refractivity contribution is -0.137. The van der Waals surface area contributed by atoms with Crippen LogP contribution < -0.4 is 5.32 Å². The topological polar surface area (TPSA) is 85.8 Å². The summed E-state index contributed by atoms with van der Waals surface area (Å²) in [4.78, 5) is 30.7. The molecule has 1 saturated heterocycles. The van der Waals surface area contributed by atoms with Gasteiger partial charge in [-0.3, -0.25) is 9.69 Å². The number of carbonyl (C=O) groups excluding carboxylic acids is 1. The lowest BCUT2D eigenvalue weighted by Crippen LogP contribution is -2.51. The first-order valence-corrected chi connectivity index (χ1v) is 7.80. The number of carboxylic acid groups (broad SMARTS) is 1. The molecule has 0 unspecified atom stereocenters. The van der Waals surface area contributed by atoms with E-state index in [1.807, 2.05) is 12.3 Å². The van der Waals surface area contributed by atoms with Crippen molar-refractivity contribution in [3.05, 3.63) is 16.1 Å². The van der Waals surface area contributed by atoms with Gasteiger partial charge in [-0.25, -0.2) is 9.78 Å². The number of hydrogen-bond acceptors (Lipinski definition) is 5. The van der Waals surface area contributed by atoms with E-state index in [9.17, 15) is 9.59 Å². The maximum Gasteiger partial charge on any atom is 0.317 e. The molecule has 0 radical (unpaired) electrons. The Hall–Kier alpha value is -1.67.